The first kappa shape index (κ1) is 13.3. The molecule has 0 bridgehead atoms. The summed E-state index contributed by atoms with van der Waals surface area (Å²) in [7, 11) is 0. The van der Waals surface area contributed by atoms with Crippen molar-refractivity contribution in [3.05, 3.63) is 0 Å². The van der Waals surface area contributed by atoms with E-state index in [1.54, 1.807) is 0 Å². The molecule has 1 atom stereocenters. The average molecular weight is 227 g/mol. The van der Waals surface area contributed by atoms with Crippen LogP contribution in [0, 0.1) is 0 Å². The van der Waals surface area contributed by atoms with Crippen molar-refractivity contribution in [2.24, 2.45) is 10.8 Å². The average Bonchev–Trinajstić information content (AvgIpc) is 2.70. The molecule has 1 heterocycles. The van der Waals surface area contributed by atoms with Gasteiger partial charge in [0.15, 0.2) is 0 Å². The molecule has 1 unspecified atom stereocenters. The summed E-state index contributed by atoms with van der Waals surface area (Å²) >= 11 is 0. The quantitative estimate of drug-likeness (QED) is 0.279. The molecule has 5 heteroatoms. The van der Waals surface area contributed by atoms with E-state index in [2.05, 4.69) is 41.4 Å². The smallest absolute Gasteiger partial charge is 0.205 e. The van der Waals surface area contributed by atoms with Crippen LogP contribution in [0.3, 0.4) is 0 Å². The van der Waals surface area contributed by atoms with Crippen LogP contribution in [0.1, 0.15) is 33.6 Å². The summed E-state index contributed by atoms with van der Waals surface area (Å²) < 4.78 is 0. The lowest BCUT2D eigenvalue weighted by molar-refractivity contribution is 0.273. The van der Waals surface area contributed by atoms with Gasteiger partial charge >= 0.3 is 0 Å². The van der Waals surface area contributed by atoms with Crippen molar-refractivity contribution >= 4 is 5.96 Å². The molecule has 0 aromatic carbocycles. The molecule has 94 valence electrons. The third-order valence-corrected chi connectivity index (χ3v) is 2.93. The fourth-order valence-electron chi connectivity index (χ4n) is 2.12. The highest BCUT2D eigenvalue weighted by molar-refractivity contribution is 5.79. The first-order valence-corrected chi connectivity index (χ1v) is 6.19. The van der Waals surface area contributed by atoms with E-state index in [1.165, 1.54) is 19.4 Å². The van der Waals surface area contributed by atoms with Gasteiger partial charge in [-0.15, -0.1) is 0 Å². The lowest BCUT2D eigenvalue weighted by Gasteiger charge is -2.21. The van der Waals surface area contributed by atoms with Crippen LogP contribution < -0.4 is 16.6 Å². The number of guanidine groups is 1. The van der Waals surface area contributed by atoms with Crippen LogP contribution >= 0.6 is 0 Å². The van der Waals surface area contributed by atoms with E-state index in [9.17, 15) is 0 Å². The van der Waals surface area contributed by atoms with Gasteiger partial charge in [0.2, 0.25) is 5.96 Å². The predicted octanol–water partition coefficient (Wildman–Crippen LogP) is 0.288. The van der Waals surface area contributed by atoms with Crippen LogP contribution in [-0.2, 0) is 0 Å². The van der Waals surface area contributed by atoms with Crippen molar-refractivity contribution in [1.82, 2.24) is 15.6 Å². The van der Waals surface area contributed by atoms with Crippen molar-refractivity contribution in [2.45, 2.75) is 45.7 Å². The molecule has 0 aromatic heterocycles. The third kappa shape index (κ3) is 3.98. The Morgan fingerprint density at radius 2 is 2.31 bits per heavy atom. The molecule has 0 spiro atoms. The lowest BCUT2D eigenvalue weighted by atomic mass is 10.2. The van der Waals surface area contributed by atoms with E-state index in [-0.39, 0.29) is 0 Å². The van der Waals surface area contributed by atoms with Gasteiger partial charge in [-0.3, -0.25) is 15.3 Å². The highest BCUT2D eigenvalue weighted by atomic mass is 15.3. The van der Waals surface area contributed by atoms with Gasteiger partial charge in [-0.1, -0.05) is 6.92 Å². The molecule has 16 heavy (non-hydrogen) atoms. The highest BCUT2D eigenvalue weighted by Gasteiger charge is 2.22. The zero-order chi connectivity index (χ0) is 12.0. The van der Waals surface area contributed by atoms with Crippen molar-refractivity contribution in [1.29, 1.82) is 0 Å². The highest BCUT2D eigenvalue weighted by Crippen LogP contribution is 2.16. The Labute approximate surface area is 98.4 Å². The van der Waals surface area contributed by atoms with E-state index in [0.29, 0.717) is 18.0 Å². The maximum Gasteiger partial charge on any atom is 0.205 e. The number of likely N-dealkylation sites (N-methyl/N-ethyl adjacent to an activating group) is 1. The lowest BCUT2D eigenvalue weighted by Crippen LogP contribution is -2.45. The molecule has 1 aliphatic heterocycles. The number of likely N-dealkylation sites (tertiary alicyclic amines) is 1. The summed E-state index contributed by atoms with van der Waals surface area (Å²) in [5.41, 5.74) is 2.61. The van der Waals surface area contributed by atoms with Crippen molar-refractivity contribution in [3.8, 4) is 0 Å². The number of hydrogen-bond donors (Lipinski definition) is 3. The van der Waals surface area contributed by atoms with Crippen LogP contribution in [0.5, 0.6) is 0 Å². The standard InChI is InChI=1S/C11H25N5/c1-4-16-7-5-6-10(16)8-13-11(15-12)14-9(2)3/h9-10H,4-8,12H2,1-3H3,(H2,13,14,15). The zero-order valence-corrected chi connectivity index (χ0v) is 10.7. The molecular weight excluding hydrogens is 202 g/mol. The normalized spacial score (nSPS) is 22.8. The maximum atomic E-state index is 5.42. The second-order valence-corrected chi connectivity index (χ2v) is 4.56. The summed E-state index contributed by atoms with van der Waals surface area (Å²) in [6.07, 6.45) is 2.54. The number of hydrazine groups is 1. The van der Waals surface area contributed by atoms with Crippen molar-refractivity contribution < 1.29 is 0 Å². The maximum absolute atomic E-state index is 5.42. The first-order valence-electron chi connectivity index (χ1n) is 6.19. The fourth-order valence-corrected chi connectivity index (χ4v) is 2.12. The number of nitrogens with two attached hydrogens (primary N) is 1. The third-order valence-electron chi connectivity index (χ3n) is 2.93. The van der Waals surface area contributed by atoms with Gasteiger partial charge in [-0.05, 0) is 39.8 Å². The van der Waals surface area contributed by atoms with Gasteiger partial charge in [0.05, 0.1) is 6.54 Å². The monoisotopic (exact) mass is 227 g/mol. The van der Waals surface area contributed by atoms with Gasteiger partial charge in [0, 0.05) is 12.1 Å². The largest absolute Gasteiger partial charge is 0.353 e. The molecule has 0 saturated carbocycles. The minimum Gasteiger partial charge on any atom is -0.353 e. The summed E-state index contributed by atoms with van der Waals surface area (Å²) in [6.45, 7) is 9.49. The minimum absolute atomic E-state index is 0.348. The molecule has 0 aromatic rings. The SMILES string of the molecule is CCN1CCCC1CN=C(NN)NC(C)C. The minimum atomic E-state index is 0.348. The van der Waals surface area contributed by atoms with Crippen LogP contribution in [-0.4, -0.2) is 42.6 Å². The van der Waals surface area contributed by atoms with Crippen LogP contribution in [0.25, 0.3) is 0 Å². The van der Waals surface area contributed by atoms with E-state index >= 15 is 0 Å². The Kier molecular flexibility index (Phi) is 5.55. The van der Waals surface area contributed by atoms with Gasteiger partial charge in [0.1, 0.15) is 0 Å². The molecule has 5 nitrogen and oxygen atoms in total. The zero-order valence-electron chi connectivity index (χ0n) is 10.7. The second kappa shape index (κ2) is 6.70. The summed E-state index contributed by atoms with van der Waals surface area (Å²) in [5, 5.41) is 3.18. The Morgan fingerprint density at radius 3 is 2.88 bits per heavy atom. The first-order chi connectivity index (χ1) is 7.67. The van der Waals surface area contributed by atoms with Crippen LogP contribution in [0.4, 0.5) is 0 Å². The second-order valence-electron chi connectivity index (χ2n) is 4.56. The topological polar surface area (TPSA) is 65.7 Å². The molecular formula is C11H25N5. The van der Waals surface area contributed by atoms with E-state index in [1.807, 2.05) is 0 Å². The van der Waals surface area contributed by atoms with Crippen LogP contribution in [0.2, 0.25) is 0 Å². The van der Waals surface area contributed by atoms with Gasteiger partial charge in [-0.2, -0.15) is 0 Å². The van der Waals surface area contributed by atoms with Crippen molar-refractivity contribution in [3.63, 3.8) is 0 Å². The molecule has 1 saturated heterocycles. The molecule has 1 aliphatic rings. The number of hydrogen-bond acceptors (Lipinski definition) is 3. The molecule has 1 fully saturated rings. The van der Waals surface area contributed by atoms with E-state index < -0.39 is 0 Å². The molecule has 1 rings (SSSR count). The predicted molar refractivity (Wildman–Crippen MR) is 68.2 cm³/mol. The van der Waals surface area contributed by atoms with E-state index in [0.717, 1.165) is 13.1 Å². The summed E-state index contributed by atoms with van der Waals surface area (Å²) in [4.78, 5) is 6.97. The summed E-state index contributed by atoms with van der Waals surface area (Å²) in [6, 6.07) is 0.933. The Hall–Kier alpha value is -0.810. The van der Waals surface area contributed by atoms with Gasteiger partial charge in [0.25, 0.3) is 0 Å². The Balaban J connectivity index is 2.43. The Bertz CT molecular complexity index is 226. The number of aliphatic imine (C=N–C) groups is 1. The van der Waals surface area contributed by atoms with Gasteiger partial charge in [-0.25, -0.2) is 5.84 Å². The Morgan fingerprint density at radius 1 is 1.56 bits per heavy atom. The fraction of sp³-hybridized carbons (Fsp3) is 0.909. The van der Waals surface area contributed by atoms with E-state index in [4.69, 9.17) is 5.84 Å². The van der Waals surface area contributed by atoms with Crippen LogP contribution in [0.15, 0.2) is 4.99 Å². The molecule has 0 radical (unpaired) electrons. The summed E-state index contributed by atoms with van der Waals surface area (Å²) in [5.74, 6) is 6.11. The number of rotatable bonds is 4. The number of nitrogens with one attached hydrogen (secondary N) is 2. The molecule has 0 aliphatic carbocycles. The molecule has 0 amide bonds. The number of nitrogens with zero attached hydrogens (tertiary/aromatic N) is 2. The van der Waals surface area contributed by atoms with Gasteiger partial charge < -0.3 is 5.32 Å². The van der Waals surface area contributed by atoms with Crippen molar-refractivity contribution in [2.75, 3.05) is 19.6 Å². The molecule has 4 N–H and O–H groups in total.